The summed E-state index contributed by atoms with van der Waals surface area (Å²) in [6, 6.07) is 40.4. The van der Waals surface area contributed by atoms with E-state index in [-0.39, 0.29) is 36.5 Å². The first-order chi connectivity index (χ1) is 25.9. The maximum absolute atomic E-state index is 12.4. The van der Waals surface area contributed by atoms with Gasteiger partial charge in [-0.2, -0.15) is 4.68 Å². The van der Waals surface area contributed by atoms with Gasteiger partial charge in [0.1, 0.15) is 5.75 Å². The number of phenols is 1. The number of tetrazole rings is 1. The van der Waals surface area contributed by atoms with E-state index in [1.807, 2.05) is 84.9 Å². The number of amides is 2. The first-order valence-electron chi connectivity index (χ1n) is 17.4. The van der Waals surface area contributed by atoms with E-state index >= 15 is 0 Å². The number of ether oxygens (including phenoxy) is 2. The zero-order valence-corrected chi connectivity index (χ0v) is 29.9. The van der Waals surface area contributed by atoms with Gasteiger partial charge in [-0.15, -0.1) is 5.10 Å². The summed E-state index contributed by atoms with van der Waals surface area (Å²) in [5.74, 6) is 0.709. The maximum Gasteiger partial charge on any atom is 0.315 e. The van der Waals surface area contributed by atoms with Crippen LogP contribution in [0.15, 0.2) is 133 Å². The van der Waals surface area contributed by atoms with Gasteiger partial charge in [-0.3, -0.25) is 0 Å². The van der Waals surface area contributed by atoms with Crippen LogP contribution in [-0.2, 0) is 29.2 Å². The predicted octanol–water partition coefficient (Wildman–Crippen LogP) is 7.11. The van der Waals surface area contributed by atoms with E-state index in [1.165, 1.54) is 11.8 Å². The molecule has 5 aromatic carbocycles. The van der Waals surface area contributed by atoms with Crippen molar-refractivity contribution in [3.8, 4) is 22.6 Å². The van der Waals surface area contributed by atoms with Crippen molar-refractivity contribution in [2.75, 3.05) is 5.75 Å². The van der Waals surface area contributed by atoms with Crippen LogP contribution in [-0.4, -0.2) is 48.3 Å². The number of nitrogens with zero attached hydrogens (tertiary/aromatic N) is 4. The second kappa shape index (κ2) is 16.9. The number of aromatic nitrogens is 4. The minimum absolute atomic E-state index is 0.0206. The number of nitrogens with one attached hydrogen (secondary N) is 2. The van der Waals surface area contributed by atoms with Crippen molar-refractivity contribution in [1.29, 1.82) is 0 Å². The first-order valence-corrected chi connectivity index (χ1v) is 18.4. The molecule has 1 fully saturated rings. The molecule has 12 heteroatoms. The lowest BCUT2D eigenvalue weighted by Gasteiger charge is -2.41. The van der Waals surface area contributed by atoms with E-state index in [4.69, 9.17) is 9.47 Å². The summed E-state index contributed by atoms with van der Waals surface area (Å²) < 4.78 is 15.0. The van der Waals surface area contributed by atoms with Crippen molar-refractivity contribution in [3.63, 3.8) is 0 Å². The normalized spacial score (nSPS) is 18.4. The summed E-state index contributed by atoms with van der Waals surface area (Å²) >= 11 is 1.49. The van der Waals surface area contributed by atoms with Crippen molar-refractivity contribution >= 4 is 17.8 Å². The van der Waals surface area contributed by atoms with Gasteiger partial charge in [-0.1, -0.05) is 116 Å². The third-order valence-electron chi connectivity index (χ3n) is 9.23. The Morgan fingerprint density at radius 2 is 1.47 bits per heavy atom. The smallest absolute Gasteiger partial charge is 0.315 e. The molecule has 4 atom stereocenters. The molecule has 0 aliphatic carbocycles. The summed E-state index contributed by atoms with van der Waals surface area (Å²) in [6.45, 7) is 2.95. The zero-order valence-electron chi connectivity index (χ0n) is 29.1. The molecule has 0 saturated carbocycles. The van der Waals surface area contributed by atoms with Gasteiger partial charge in [-0.25, -0.2) is 4.79 Å². The van der Waals surface area contributed by atoms with Crippen LogP contribution in [0.5, 0.6) is 5.75 Å². The van der Waals surface area contributed by atoms with Gasteiger partial charge >= 0.3 is 6.03 Å². The van der Waals surface area contributed by atoms with Crippen molar-refractivity contribution in [1.82, 2.24) is 30.8 Å². The third-order valence-corrected chi connectivity index (χ3v) is 10.2. The Labute approximate surface area is 312 Å². The molecule has 1 aliphatic heterocycles. The predicted molar refractivity (Wildman–Crippen MR) is 202 cm³/mol. The monoisotopic (exact) mass is 728 g/mol. The van der Waals surface area contributed by atoms with E-state index in [1.54, 1.807) is 28.9 Å². The lowest BCUT2D eigenvalue weighted by atomic mass is 9.91. The topological polar surface area (TPSA) is 144 Å². The Balaban J connectivity index is 1.04. The fourth-order valence-corrected chi connectivity index (χ4v) is 7.26. The lowest BCUT2D eigenvalue weighted by molar-refractivity contribution is -0.268. The fraction of sp³-hybridized carbons (Fsp3) is 0.220. The highest BCUT2D eigenvalue weighted by atomic mass is 32.2. The molecule has 1 aromatic heterocycles. The molecule has 1 aliphatic rings. The van der Waals surface area contributed by atoms with E-state index in [0.29, 0.717) is 24.0 Å². The number of carbonyl (C=O) groups excluding carboxylic acids is 1. The number of thioether (sulfide) groups is 1. The zero-order chi connectivity index (χ0) is 36.6. The summed E-state index contributed by atoms with van der Waals surface area (Å²) in [6.07, 6.45) is -1.12. The Hall–Kier alpha value is -5.53. The highest BCUT2D eigenvalue weighted by Crippen LogP contribution is 2.43. The van der Waals surface area contributed by atoms with Gasteiger partial charge < -0.3 is 30.3 Å². The van der Waals surface area contributed by atoms with Crippen molar-refractivity contribution < 1.29 is 24.5 Å². The number of aliphatic hydroxyl groups excluding tert-OH is 1. The van der Waals surface area contributed by atoms with Crippen molar-refractivity contribution in [2.45, 2.75) is 50.3 Å². The van der Waals surface area contributed by atoms with Gasteiger partial charge in [0.2, 0.25) is 5.16 Å². The molecule has 7 rings (SSSR count). The van der Waals surface area contributed by atoms with Gasteiger partial charge in [-0.05, 0) is 74.1 Å². The molecule has 270 valence electrons. The number of phenolic OH excluding ortho intramolecular Hbond substituents is 1. The van der Waals surface area contributed by atoms with Crippen LogP contribution in [0.3, 0.4) is 0 Å². The summed E-state index contributed by atoms with van der Waals surface area (Å²) in [4.78, 5) is 12.4. The number of carbonyl (C=O) groups is 1. The molecule has 2 heterocycles. The summed E-state index contributed by atoms with van der Waals surface area (Å²) in [5.41, 5.74) is 7.54. The molecule has 1 saturated heterocycles. The second-order valence-electron chi connectivity index (χ2n) is 12.9. The van der Waals surface area contributed by atoms with Crippen LogP contribution < -0.4 is 10.6 Å². The molecule has 53 heavy (non-hydrogen) atoms. The summed E-state index contributed by atoms with van der Waals surface area (Å²) in [5, 5.41) is 38.1. The third kappa shape index (κ3) is 8.93. The van der Waals surface area contributed by atoms with Gasteiger partial charge in [0, 0.05) is 30.3 Å². The second-order valence-corrected chi connectivity index (χ2v) is 13.9. The number of aliphatic hydroxyl groups is 1. The van der Waals surface area contributed by atoms with Crippen LogP contribution in [0.1, 0.15) is 47.1 Å². The Morgan fingerprint density at radius 1 is 0.774 bits per heavy atom. The van der Waals surface area contributed by atoms with E-state index in [0.717, 1.165) is 44.6 Å². The van der Waals surface area contributed by atoms with Crippen molar-refractivity contribution in [3.05, 3.63) is 155 Å². The standard InChI is InChI=1S/C41H40N6O5S/c1-27-37(26-53-41-44-45-46-47(41)35-18-20-36(49)21-19-35)51-39(52-38(27)32-12-10-29(25-48)11-13-32)33-16-14-31(15-17-33)34-9-5-8-30(22-34)24-43-40(50)42-23-28-6-3-2-4-7-28/h2-22,27,37-39,48-49H,23-26H2,1H3,(H2,42,43,50). The molecule has 0 spiro atoms. The first kappa shape index (κ1) is 35.9. The SMILES string of the molecule is CC1C(CSc2nnnn2-c2ccc(O)cc2)OC(c2ccc(-c3cccc(CNC(=O)NCc4ccccc4)c3)cc2)OC1c1ccc(CO)cc1. The molecule has 2 amide bonds. The largest absolute Gasteiger partial charge is 0.508 e. The Bertz CT molecular complexity index is 2100. The number of aromatic hydroxyl groups is 1. The minimum atomic E-state index is -0.633. The van der Waals surface area contributed by atoms with Crippen LogP contribution in [0.2, 0.25) is 0 Å². The van der Waals surface area contributed by atoms with Gasteiger partial charge in [0.05, 0.1) is 24.5 Å². The lowest BCUT2D eigenvalue weighted by Crippen LogP contribution is -2.38. The number of benzene rings is 5. The molecule has 6 aromatic rings. The average molecular weight is 729 g/mol. The number of hydrogen-bond acceptors (Lipinski definition) is 9. The number of urea groups is 1. The molecule has 4 N–H and O–H groups in total. The molecular formula is C41H40N6O5S. The molecular weight excluding hydrogens is 689 g/mol. The average Bonchev–Trinajstić information content (AvgIpc) is 3.68. The van der Waals surface area contributed by atoms with Crippen LogP contribution in [0.4, 0.5) is 4.79 Å². The van der Waals surface area contributed by atoms with Gasteiger partial charge in [0.25, 0.3) is 0 Å². The molecule has 0 bridgehead atoms. The fourth-order valence-electron chi connectivity index (χ4n) is 6.21. The Kier molecular flexibility index (Phi) is 11.4. The maximum atomic E-state index is 12.4. The Morgan fingerprint density at radius 3 is 2.21 bits per heavy atom. The molecule has 0 radical (unpaired) electrons. The number of rotatable bonds is 12. The molecule has 11 nitrogen and oxygen atoms in total. The van der Waals surface area contributed by atoms with Crippen LogP contribution in [0.25, 0.3) is 16.8 Å². The van der Waals surface area contributed by atoms with Crippen molar-refractivity contribution in [2.24, 2.45) is 5.92 Å². The number of hydrogen-bond donors (Lipinski definition) is 4. The highest BCUT2D eigenvalue weighted by molar-refractivity contribution is 7.99. The highest BCUT2D eigenvalue weighted by Gasteiger charge is 2.38. The van der Waals surface area contributed by atoms with Crippen LogP contribution in [0, 0.1) is 5.92 Å². The summed E-state index contributed by atoms with van der Waals surface area (Å²) in [7, 11) is 0. The minimum Gasteiger partial charge on any atom is -0.508 e. The van der Waals surface area contributed by atoms with E-state index < -0.39 is 6.29 Å². The molecule has 4 unspecified atom stereocenters. The van der Waals surface area contributed by atoms with Gasteiger partial charge in [0.15, 0.2) is 6.29 Å². The van der Waals surface area contributed by atoms with Crippen LogP contribution >= 0.6 is 11.8 Å². The van der Waals surface area contributed by atoms with E-state index in [9.17, 15) is 15.0 Å². The quantitative estimate of drug-likeness (QED) is 0.0970. The van der Waals surface area contributed by atoms with E-state index in [2.05, 4.69) is 51.3 Å².